The summed E-state index contributed by atoms with van der Waals surface area (Å²) in [6.45, 7) is 2.41. The fourth-order valence-electron chi connectivity index (χ4n) is 4.57. The summed E-state index contributed by atoms with van der Waals surface area (Å²) in [6.07, 6.45) is 0. The van der Waals surface area contributed by atoms with E-state index in [0.717, 1.165) is 47.8 Å². The summed E-state index contributed by atoms with van der Waals surface area (Å²) < 4.78 is 2.10. The Morgan fingerprint density at radius 2 is 1.35 bits per heavy atom. The van der Waals surface area contributed by atoms with Crippen LogP contribution in [0, 0.1) is 6.92 Å². The highest BCUT2D eigenvalue weighted by Gasteiger charge is 2.21. The number of fused-ring (bicyclic) bond motifs is 1. The highest BCUT2D eigenvalue weighted by molar-refractivity contribution is 8.00. The van der Waals surface area contributed by atoms with Crippen LogP contribution in [0.3, 0.4) is 0 Å². The quantitative estimate of drug-likeness (QED) is 0.203. The zero-order valence-corrected chi connectivity index (χ0v) is 23.2. The molecule has 0 saturated carbocycles. The average Bonchev–Trinajstić information content (AvgIpc) is 3.32. The molecule has 0 saturated heterocycles. The van der Waals surface area contributed by atoms with E-state index < -0.39 is 5.97 Å². The molecule has 0 bridgehead atoms. The highest BCUT2D eigenvalue weighted by Crippen LogP contribution is 2.38. The first-order valence-electron chi connectivity index (χ1n) is 12.7. The lowest BCUT2D eigenvalue weighted by Gasteiger charge is -2.13. The van der Waals surface area contributed by atoms with Gasteiger partial charge in [0.2, 0.25) is 0 Å². The predicted octanol–water partition coefficient (Wildman–Crippen LogP) is 7.85. The minimum absolute atomic E-state index is 0.268. The maximum atomic E-state index is 12.3. The van der Waals surface area contributed by atoms with Gasteiger partial charge in [-0.25, -0.2) is 9.78 Å². The molecule has 40 heavy (non-hydrogen) atoms. The number of aromatic nitrogens is 4. The normalized spacial score (nSPS) is 11.1. The van der Waals surface area contributed by atoms with Gasteiger partial charge in [0.15, 0.2) is 5.03 Å². The molecular weight excluding hydrogens is 537 g/mol. The summed E-state index contributed by atoms with van der Waals surface area (Å²) in [5, 5.41) is 20.8. The van der Waals surface area contributed by atoms with Crippen LogP contribution >= 0.6 is 23.5 Å². The number of hydrogen-bond acceptors (Lipinski definition) is 6. The number of carboxylic acids is 1. The van der Waals surface area contributed by atoms with E-state index in [1.807, 2.05) is 110 Å². The number of aromatic carboxylic acids is 1. The first-order chi connectivity index (χ1) is 19.6. The molecule has 2 aromatic heterocycles. The minimum atomic E-state index is -0.958. The molecule has 0 aliphatic carbocycles. The molecular formula is C32H24N4O2S2. The Balaban J connectivity index is 1.45. The van der Waals surface area contributed by atoms with Crippen molar-refractivity contribution in [3.8, 4) is 11.1 Å². The zero-order chi connectivity index (χ0) is 27.5. The summed E-state index contributed by atoms with van der Waals surface area (Å²) >= 11 is 3.07. The van der Waals surface area contributed by atoms with Gasteiger partial charge in [-0.1, -0.05) is 102 Å². The number of rotatable bonds is 8. The molecule has 0 unspecified atom stereocenters. The fourth-order valence-corrected chi connectivity index (χ4v) is 6.30. The Morgan fingerprint density at radius 3 is 1.98 bits per heavy atom. The van der Waals surface area contributed by atoms with Gasteiger partial charge in [-0.05, 0) is 53.9 Å². The van der Waals surface area contributed by atoms with Gasteiger partial charge in [0.05, 0.1) is 5.56 Å². The van der Waals surface area contributed by atoms with Crippen LogP contribution in [0.5, 0.6) is 0 Å². The van der Waals surface area contributed by atoms with E-state index in [1.165, 1.54) is 11.8 Å². The first-order valence-corrected chi connectivity index (χ1v) is 14.3. The van der Waals surface area contributed by atoms with E-state index in [9.17, 15) is 9.90 Å². The second-order valence-electron chi connectivity index (χ2n) is 9.13. The maximum Gasteiger partial charge on any atom is 0.336 e. The van der Waals surface area contributed by atoms with Crippen LogP contribution in [0.1, 0.15) is 21.7 Å². The molecule has 6 nitrogen and oxygen atoms in total. The van der Waals surface area contributed by atoms with Crippen molar-refractivity contribution < 1.29 is 9.90 Å². The van der Waals surface area contributed by atoms with Crippen LogP contribution in [0.2, 0.25) is 0 Å². The molecule has 0 aliphatic rings. The molecule has 1 N–H and O–H groups in total. The molecule has 2 heterocycles. The maximum absolute atomic E-state index is 12.3. The third kappa shape index (κ3) is 5.36. The van der Waals surface area contributed by atoms with Crippen molar-refractivity contribution in [3.63, 3.8) is 0 Å². The molecule has 8 heteroatoms. The van der Waals surface area contributed by atoms with Gasteiger partial charge >= 0.3 is 5.97 Å². The lowest BCUT2D eigenvalue weighted by molar-refractivity contribution is 0.0697. The SMILES string of the molecule is Cc1nc2c(Sc3ccccc3)nnc(Sc3ccccc3)c2n1Cc1ccc(-c2ccccc2)c(C(=O)O)c1. The molecule has 6 rings (SSSR count). The number of imidazole rings is 1. The summed E-state index contributed by atoms with van der Waals surface area (Å²) in [5.74, 6) is -0.153. The van der Waals surface area contributed by atoms with Gasteiger partial charge in [0.1, 0.15) is 21.9 Å². The molecule has 0 spiro atoms. The fraction of sp³-hybridized carbons (Fsp3) is 0.0625. The van der Waals surface area contributed by atoms with Gasteiger partial charge < -0.3 is 9.67 Å². The van der Waals surface area contributed by atoms with Crippen molar-refractivity contribution in [3.05, 3.63) is 126 Å². The van der Waals surface area contributed by atoms with Crippen LogP contribution in [0.25, 0.3) is 22.2 Å². The van der Waals surface area contributed by atoms with Gasteiger partial charge in [0, 0.05) is 16.3 Å². The molecule has 0 radical (unpaired) electrons. The second-order valence-corrected chi connectivity index (χ2v) is 11.3. The Hall–Kier alpha value is -4.40. The van der Waals surface area contributed by atoms with Gasteiger partial charge in [-0.3, -0.25) is 0 Å². The topological polar surface area (TPSA) is 80.9 Å². The van der Waals surface area contributed by atoms with Crippen molar-refractivity contribution >= 4 is 40.5 Å². The summed E-state index contributed by atoms with van der Waals surface area (Å²) in [7, 11) is 0. The van der Waals surface area contributed by atoms with Gasteiger partial charge in [0.25, 0.3) is 0 Å². The van der Waals surface area contributed by atoms with Crippen molar-refractivity contribution in [1.29, 1.82) is 0 Å². The Bertz CT molecular complexity index is 1810. The van der Waals surface area contributed by atoms with Gasteiger partial charge in [-0.2, -0.15) is 0 Å². The molecule has 4 aromatic carbocycles. The number of nitrogens with zero attached hydrogens (tertiary/aromatic N) is 4. The van der Waals surface area contributed by atoms with E-state index >= 15 is 0 Å². The zero-order valence-electron chi connectivity index (χ0n) is 21.6. The number of carboxylic acid groups (broad SMARTS) is 1. The standard InChI is InChI=1S/C32H24N4O2S2/c1-21-33-28-29(36(21)20-22-17-18-26(27(19-22)32(37)38)23-11-5-2-6-12-23)31(40-25-15-9-4-10-16-25)35-34-30(28)39-24-13-7-3-8-14-24/h2-19H,20H2,1H3,(H,37,38). The molecule has 6 aromatic rings. The Kier molecular flexibility index (Phi) is 7.35. The summed E-state index contributed by atoms with van der Waals surface area (Å²) in [6, 6.07) is 35.3. The Labute approximate surface area is 240 Å². The third-order valence-electron chi connectivity index (χ3n) is 6.45. The van der Waals surface area contributed by atoms with Crippen LogP contribution in [-0.2, 0) is 6.54 Å². The number of hydrogen-bond donors (Lipinski definition) is 1. The van der Waals surface area contributed by atoms with E-state index in [1.54, 1.807) is 17.8 Å². The van der Waals surface area contributed by atoms with Crippen molar-refractivity contribution in [1.82, 2.24) is 19.7 Å². The molecule has 0 atom stereocenters. The van der Waals surface area contributed by atoms with E-state index in [4.69, 9.17) is 4.98 Å². The van der Waals surface area contributed by atoms with E-state index in [-0.39, 0.29) is 5.56 Å². The monoisotopic (exact) mass is 560 g/mol. The van der Waals surface area contributed by atoms with Crippen LogP contribution in [0.15, 0.2) is 129 Å². The lowest BCUT2D eigenvalue weighted by atomic mass is 9.97. The lowest BCUT2D eigenvalue weighted by Crippen LogP contribution is -2.06. The van der Waals surface area contributed by atoms with Crippen LogP contribution in [0.4, 0.5) is 0 Å². The minimum Gasteiger partial charge on any atom is -0.478 e. The summed E-state index contributed by atoms with van der Waals surface area (Å²) in [4.78, 5) is 19.3. The molecule has 0 fully saturated rings. The number of aryl methyl sites for hydroxylation is 1. The third-order valence-corrected chi connectivity index (χ3v) is 8.40. The number of carbonyl (C=O) groups is 1. The van der Waals surface area contributed by atoms with Crippen LogP contribution in [-0.4, -0.2) is 30.8 Å². The largest absolute Gasteiger partial charge is 0.478 e. The van der Waals surface area contributed by atoms with Crippen LogP contribution < -0.4 is 0 Å². The van der Waals surface area contributed by atoms with Crippen molar-refractivity contribution in [2.75, 3.05) is 0 Å². The number of benzene rings is 4. The molecule has 0 aliphatic heterocycles. The predicted molar refractivity (Wildman–Crippen MR) is 159 cm³/mol. The molecule has 0 amide bonds. The molecule has 196 valence electrons. The van der Waals surface area contributed by atoms with E-state index in [2.05, 4.69) is 14.8 Å². The first kappa shape index (κ1) is 25.9. The second kappa shape index (κ2) is 11.4. The van der Waals surface area contributed by atoms with Crippen molar-refractivity contribution in [2.45, 2.75) is 33.3 Å². The Morgan fingerprint density at radius 1 is 0.775 bits per heavy atom. The smallest absolute Gasteiger partial charge is 0.336 e. The van der Waals surface area contributed by atoms with Crippen molar-refractivity contribution in [2.24, 2.45) is 0 Å². The van der Waals surface area contributed by atoms with Gasteiger partial charge in [-0.15, -0.1) is 10.2 Å². The average molecular weight is 561 g/mol. The summed E-state index contributed by atoms with van der Waals surface area (Å²) in [5.41, 5.74) is 4.35. The highest BCUT2D eigenvalue weighted by atomic mass is 32.2. The van der Waals surface area contributed by atoms with E-state index in [0.29, 0.717) is 12.1 Å².